The Hall–Kier alpha value is -1.58. The Kier molecular flexibility index (Phi) is 1.84. The van der Waals surface area contributed by atoms with Gasteiger partial charge in [0.1, 0.15) is 5.70 Å². The number of allylic oxidation sites excluding steroid dienone is 1. The quantitative estimate of drug-likeness (QED) is 0.511. The van der Waals surface area contributed by atoms with Gasteiger partial charge in [0.2, 0.25) is 0 Å². The van der Waals surface area contributed by atoms with E-state index in [4.69, 9.17) is 5.73 Å². The molecule has 0 aromatic rings. The highest BCUT2D eigenvalue weighted by Gasteiger charge is 2.00. The molecule has 4 nitrogen and oxygen atoms in total. The minimum Gasteiger partial charge on any atom is -0.366 e. The number of rotatable bonds is 1. The lowest BCUT2D eigenvalue weighted by atomic mass is 10.4. The first-order valence-electron chi connectivity index (χ1n) is 2.76. The highest BCUT2D eigenvalue weighted by atomic mass is 16.1. The van der Waals surface area contributed by atoms with Crippen LogP contribution in [0.4, 0.5) is 0 Å². The first-order valence-corrected chi connectivity index (χ1v) is 2.76. The van der Waals surface area contributed by atoms with Gasteiger partial charge in [0.05, 0.1) is 0 Å². The third-order valence-corrected chi connectivity index (χ3v) is 0.965. The summed E-state index contributed by atoms with van der Waals surface area (Å²) in [7, 11) is 0. The largest absolute Gasteiger partial charge is 0.366 e. The maximum Gasteiger partial charge on any atom is 0.268 e. The van der Waals surface area contributed by atoms with Crippen molar-refractivity contribution < 1.29 is 4.79 Å². The third-order valence-electron chi connectivity index (χ3n) is 0.965. The Morgan fingerprint density at radius 1 is 1.70 bits per heavy atom. The summed E-state index contributed by atoms with van der Waals surface area (Å²) in [6, 6.07) is 0. The lowest BCUT2D eigenvalue weighted by Crippen LogP contribution is -2.13. The number of carbonyl (C=O) groups excluding carboxylic acids is 1. The number of hydrogen-bond acceptors (Lipinski definition) is 3. The average Bonchev–Trinajstić information content (AvgIpc) is 2.12. The van der Waals surface area contributed by atoms with Crippen molar-refractivity contribution in [3.05, 3.63) is 24.2 Å². The fourth-order valence-electron chi connectivity index (χ4n) is 0.521. The van der Waals surface area contributed by atoms with Crippen LogP contribution in [0, 0.1) is 0 Å². The second kappa shape index (κ2) is 2.82. The molecule has 1 aliphatic heterocycles. The molecule has 0 fully saturated rings. The molecule has 1 amide bonds. The molecule has 1 rings (SSSR count). The number of carbonyl (C=O) groups is 1. The van der Waals surface area contributed by atoms with Gasteiger partial charge in [-0.1, -0.05) is 0 Å². The predicted molar refractivity (Wildman–Crippen MR) is 38.0 cm³/mol. The van der Waals surface area contributed by atoms with E-state index in [2.05, 4.69) is 10.3 Å². The molecule has 0 bridgehead atoms. The summed E-state index contributed by atoms with van der Waals surface area (Å²) in [5, 5.41) is 2.71. The van der Waals surface area contributed by atoms with Crippen molar-refractivity contribution in [2.75, 3.05) is 0 Å². The van der Waals surface area contributed by atoms with Crippen LogP contribution >= 0.6 is 0 Å². The first kappa shape index (κ1) is 6.54. The van der Waals surface area contributed by atoms with E-state index in [1.54, 1.807) is 12.3 Å². The topological polar surface area (TPSA) is 67.5 Å². The van der Waals surface area contributed by atoms with Gasteiger partial charge >= 0.3 is 0 Å². The zero-order valence-electron chi connectivity index (χ0n) is 5.24. The fraction of sp³-hybridized carbons (Fsp3) is 0. The Labute approximate surface area is 58.1 Å². The fourth-order valence-corrected chi connectivity index (χ4v) is 0.521. The SMILES string of the molecule is NC(=O)C1=CNC=CC=N1. The smallest absolute Gasteiger partial charge is 0.268 e. The van der Waals surface area contributed by atoms with Gasteiger partial charge in [-0.2, -0.15) is 0 Å². The van der Waals surface area contributed by atoms with Gasteiger partial charge in [-0.25, -0.2) is 4.99 Å². The molecule has 0 aromatic carbocycles. The van der Waals surface area contributed by atoms with Gasteiger partial charge in [-0.05, 0) is 6.08 Å². The van der Waals surface area contributed by atoms with Crippen LogP contribution in [-0.2, 0) is 4.79 Å². The summed E-state index contributed by atoms with van der Waals surface area (Å²) in [5.74, 6) is -0.535. The maximum absolute atomic E-state index is 10.5. The highest BCUT2D eigenvalue weighted by Crippen LogP contribution is 1.93. The monoisotopic (exact) mass is 137 g/mol. The molecule has 3 N–H and O–H groups in total. The molecule has 0 saturated carbocycles. The number of nitrogens with two attached hydrogens (primary N) is 1. The van der Waals surface area contributed by atoms with Crippen LogP contribution in [0.5, 0.6) is 0 Å². The average molecular weight is 137 g/mol. The molecule has 10 heavy (non-hydrogen) atoms. The normalized spacial score (nSPS) is 15.4. The van der Waals surface area contributed by atoms with Crippen molar-refractivity contribution in [2.45, 2.75) is 0 Å². The molecule has 0 spiro atoms. The van der Waals surface area contributed by atoms with Crippen molar-refractivity contribution in [1.82, 2.24) is 5.32 Å². The number of primary amides is 1. The molecule has 0 radical (unpaired) electrons. The van der Waals surface area contributed by atoms with E-state index in [-0.39, 0.29) is 5.70 Å². The Bertz CT molecular complexity index is 227. The molecule has 0 aliphatic carbocycles. The van der Waals surface area contributed by atoms with Crippen molar-refractivity contribution in [3.8, 4) is 0 Å². The van der Waals surface area contributed by atoms with Crippen molar-refractivity contribution in [2.24, 2.45) is 10.7 Å². The van der Waals surface area contributed by atoms with Crippen LogP contribution in [0.15, 0.2) is 29.2 Å². The molecule has 0 unspecified atom stereocenters. The van der Waals surface area contributed by atoms with E-state index in [0.29, 0.717) is 0 Å². The molecule has 0 atom stereocenters. The van der Waals surface area contributed by atoms with Gasteiger partial charge in [-0.15, -0.1) is 0 Å². The van der Waals surface area contributed by atoms with Crippen LogP contribution in [0.25, 0.3) is 0 Å². The zero-order chi connectivity index (χ0) is 7.40. The molecule has 1 aliphatic rings. The lowest BCUT2D eigenvalue weighted by molar-refractivity contribution is -0.114. The van der Waals surface area contributed by atoms with E-state index in [0.717, 1.165) is 0 Å². The molecule has 4 heteroatoms. The van der Waals surface area contributed by atoms with E-state index in [1.165, 1.54) is 12.4 Å². The van der Waals surface area contributed by atoms with Crippen LogP contribution in [0.1, 0.15) is 0 Å². The van der Waals surface area contributed by atoms with Crippen LogP contribution < -0.4 is 11.1 Å². The molecular weight excluding hydrogens is 130 g/mol. The minimum absolute atomic E-state index is 0.227. The van der Waals surface area contributed by atoms with E-state index in [1.807, 2.05) is 0 Å². The van der Waals surface area contributed by atoms with Crippen molar-refractivity contribution >= 4 is 12.1 Å². The number of amides is 1. The van der Waals surface area contributed by atoms with Gasteiger partial charge in [-0.3, -0.25) is 4.79 Å². The van der Waals surface area contributed by atoms with E-state index >= 15 is 0 Å². The molecule has 1 heterocycles. The Morgan fingerprint density at radius 2 is 2.50 bits per heavy atom. The molecule has 0 saturated heterocycles. The van der Waals surface area contributed by atoms with Gasteiger partial charge < -0.3 is 11.1 Å². The van der Waals surface area contributed by atoms with Gasteiger partial charge in [0, 0.05) is 18.6 Å². The van der Waals surface area contributed by atoms with Crippen LogP contribution in [0.3, 0.4) is 0 Å². The van der Waals surface area contributed by atoms with E-state index < -0.39 is 5.91 Å². The summed E-state index contributed by atoms with van der Waals surface area (Å²) < 4.78 is 0. The lowest BCUT2D eigenvalue weighted by Gasteiger charge is -1.91. The van der Waals surface area contributed by atoms with E-state index in [9.17, 15) is 4.79 Å². The van der Waals surface area contributed by atoms with Crippen molar-refractivity contribution in [1.29, 1.82) is 0 Å². The summed E-state index contributed by atoms with van der Waals surface area (Å²) in [4.78, 5) is 14.2. The number of hydrogen-bond donors (Lipinski definition) is 2. The summed E-state index contributed by atoms with van der Waals surface area (Å²) in [6.07, 6.45) is 6.27. The Balaban J connectivity index is 2.78. The first-order chi connectivity index (χ1) is 4.80. The highest BCUT2D eigenvalue weighted by molar-refractivity contribution is 5.94. The second-order valence-corrected chi connectivity index (χ2v) is 1.70. The summed E-state index contributed by atoms with van der Waals surface area (Å²) >= 11 is 0. The third kappa shape index (κ3) is 1.45. The minimum atomic E-state index is -0.535. The molecule has 52 valence electrons. The number of nitrogens with zero attached hydrogens (tertiary/aromatic N) is 1. The van der Waals surface area contributed by atoms with Crippen LogP contribution in [0.2, 0.25) is 0 Å². The maximum atomic E-state index is 10.5. The standard InChI is InChI=1S/C6H7N3O/c7-6(10)5-4-8-2-1-3-9-5/h1-4,8H,(H2,7,10). The predicted octanol–water partition coefficient (Wildman–Crippen LogP) is -0.499. The zero-order valence-corrected chi connectivity index (χ0v) is 5.24. The van der Waals surface area contributed by atoms with Crippen molar-refractivity contribution in [3.63, 3.8) is 0 Å². The van der Waals surface area contributed by atoms with Gasteiger partial charge in [0.15, 0.2) is 0 Å². The second-order valence-electron chi connectivity index (χ2n) is 1.70. The van der Waals surface area contributed by atoms with Crippen LogP contribution in [-0.4, -0.2) is 12.1 Å². The number of nitrogens with one attached hydrogen (secondary N) is 1. The molecular formula is C6H7N3O. The summed E-state index contributed by atoms with van der Waals surface area (Å²) in [5.41, 5.74) is 5.17. The molecule has 0 aromatic heterocycles. The summed E-state index contributed by atoms with van der Waals surface area (Å²) in [6.45, 7) is 0. The Morgan fingerprint density at radius 3 is 3.20 bits per heavy atom. The van der Waals surface area contributed by atoms with Gasteiger partial charge in [0.25, 0.3) is 5.91 Å². The number of aliphatic imine (C=N–C) groups is 1.